The minimum atomic E-state index is 0.255. The molecule has 0 atom stereocenters. The van der Waals surface area contributed by atoms with E-state index in [4.69, 9.17) is 0 Å². The Balaban J connectivity index is 0.000000249. The van der Waals surface area contributed by atoms with Crippen LogP contribution >= 0.6 is 0 Å². The molecule has 0 bridgehead atoms. The molecule has 0 radical (unpaired) electrons. The monoisotopic (exact) mass is 405 g/mol. The number of nitrogens with zero attached hydrogens (tertiary/aromatic N) is 1. The molecule has 0 saturated carbocycles. The van der Waals surface area contributed by atoms with Gasteiger partial charge in [-0.05, 0) is 12.1 Å². The van der Waals surface area contributed by atoms with E-state index in [0.29, 0.717) is 4.93 Å². The molecule has 0 unspecified atom stereocenters. The molecular formula is C14H14IrNO. The zero-order chi connectivity index (χ0) is 12.5. The third kappa shape index (κ3) is 5.53. The molecule has 0 fully saturated rings. The normalized spacial score (nSPS) is 9.12. The van der Waals surface area contributed by atoms with Crippen LogP contribution in [0.5, 0.6) is 0 Å². The number of ketones is 1. The minimum absolute atomic E-state index is 0.255. The summed E-state index contributed by atoms with van der Waals surface area (Å²) in [5, 5.41) is 0. The van der Waals surface area contributed by atoms with Crippen molar-refractivity contribution in [1.29, 1.82) is 0 Å². The summed E-state index contributed by atoms with van der Waals surface area (Å²) in [6, 6.07) is 16.1. The van der Waals surface area contributed by atoms with Gasteiger partial charge in [-0.25, -0.2) is 0 Å². The van der Waals surface area contributed by atoms with Gasteiger partial charge in [-0.15, -0.1) is 0 Å². The number of Topliss-reactive ketones (excluding diaryl/α,β-unsaturated/α-hetero) is 1. The molecular weight excluding hydrogens is 390 g/mol. The second kappa shape index (κ2) is 7.88. The predicted octanol–water partition coefficient (Wildman–Crippen LogP) is 3.29. The summed E-state index contributed by atoms with van der Waals surface area (Å²) < 4.78 is 0. The van der Waals surface area contributed by atoms with E-state index in [-0.39, 0.29) is 5.78 Å². The van der Waals surface area contributed by atoms with Crippen molar-refractivity contribution < 1.29 is 23.7 Å². The van der Waals surface area contributed by atoms with Gasteiger partial charge in [0.15, 0.2) is 0 Å². The van der Waals surface area contributed by atoms with E-state index in [0.717, 1.165) is 11.3 Å². The molecule has 0 spiro atoms. The largest absolute Gasteiger partial charge is 0.256 e. The Morgan fingerprint density at radius 2 is 1.71 bits per heavy atom. The number of aromatic nitrogens is 1. The van der Waals surface area contributed by atoms with E-state index in [1.807, 2.05) is 61.5 Å². The molecule has 2 nitrogen and oxygen atoms in total. The van der Waals surface area contributed by atoms with Gasteiger partial charge >= 0.3 is 41.3 Å². The molecule has 0 aliphatic heterocycles. The van der Waals surface area contributed by atoms with Gasteiger partial charge < -0.3 is 0 Å². The van der Waals surface area contributed by atoms with Crippen LogP contribution < -0.4 is 0 Å². The van der Waals surface area contributed by atoms with Gasteiger partial charge in [0.05, 0.1) is 5.69 Å². The topological polar surface area (TPSA) is 30.0 Å². The standard InChI is InChI=1S/C11H9N.C3H5O.Ir/c1-2-6-10(7-3-1)11-8-4-5-9-12-11;1-3(2)4;/h1-9H;1H2,2H3;. The fraction of sp³-hybridized carbons (Fsp3) is 0.143. The number of hydrogen-bond acceptors (Lipinski definition) is 2. The maximum absolute atomic E-state index is 9.81. The zero-order valence-electron chi connectivity index (χ0n) is 9.59. The first kappa shape index (κ1) is 13.8. The molecule has 1 aromatic carbocycles. The van der Waals surface area contributed by atoms with E-state index < -0.39 is 0 Å². The van der Waals surface area contributed by atoms with Crippen LogP contribution in [0.1, 0.15) is 6.92 Å². The molecule has 0 saturated heterocycles. The quantitative estimate of drug-likeness (QED) is 0.769. The fourth-order valence-electron chi connectivity index (χ4n) is 1.14. The van der Waals surface area contributed by atoms with Gasteiger partial charge in [0.25, 0.3) is 0 Å². The molecule has 0 aliphatic carbocycles. The maximum atomic E-state index is 9.81. The Morgan fingerprint density at radius 1 is 1.12 bits per heavy atom. The van der Waals surface area contributed by atoms with E-state index in [1.54, 1.807) is 6.92 Å². The Morgan fingerprint density at radius 3 is 2.18 bits per heavy atom. The van der Waals surface area contributed by atoms with Crippen molar-refractivity contribution in [3.8, 4) is 11.3 Å². The molecule has 0 N–H and O–H groups in total. The Kier molecular flexibility index (Phi) is 6.38. The van der Waals surface area contributed by atoms with Crippen LogP contribution in [0.25, 0.3) is 11.3 Å². The summed E-state index contributed by atoms with van der Waals surface area (Å²) in [7, 11) is 0. The second-order valence-electron chi connectivity index (χ2n) is 3.40. The third-order valence-electron chi connectivity index (χ3n) is 1.90. The van der Waals surface area contributed by atoms with Crippen LogP contribution in [0, 0.1) is 0 Å². The van der Waals surface area contributed by atoms with Crippen LogP contribution in [-0.2, 0) is 23.7 Å². The van der Waals surface area contributed by atoms with Crippen LogP contribution in [0.3, 0.4) is 0 Å². The smallest absolute Gasteiger partial charge is 0.0701 e. The molecule has 17 heavy (non-hydrogen) atoms. The number of carbonyl (C=O) groups is 1. The second-order valence-corrected chi connectivity index (χ2v) is 4.25. The van der Waals surface area contributed by atoms with Crippen molar-refractivity contribution >= 4 is 5.78 Å². The van der Waals surface area contributed by atoms with Gasteiger partial charge in [0.1, 0.15) is 0 Å². The summed E-state index contributed by atoms with van der Waals surface area (Å²) >= 11 is 1.85. The fourth-order valence-corrected chi connectivity index (χ4v) is 1.14. The first-order valence-electron chi connectivity index (χ1n) is 5.22. The van der Waals surface area contributed by atoms with Crippen molar-refractivity contribution in [3.05, 3.63) is 54.7 Å². The van der Waals surface area contributed by atoms with Crippen molar-refractivity contribution in [2.75, 3.05) is 0 Å². The number of rotatable bonds is 2. The Hall–Kier alpha value is -1.31. The average molecular weight is 404 g/mol. The average Bonchev–Trinajstić information content (AvgIpc) is 2.41. The Bertz CT molecular complexity index is 405. The summed E-state index contributed by atoms with van der Waals surface area (Å²) in [5.74, 6) is 0.255. The molecule has 2 aromatic rings. The van der Waals surface area contributed by atoms with Gasteiger partial charge in [0, 0.05) is 11.8 Å². The summed E-state index contributed by atoms with van der Waals surface area (Å²) in [6.07, 6.45) is 1.81. The summed E-state index contributed by atoms with van der Waals surface area (Å²) in [4.78, 5) is 14.7. The van der Waals surface area contributed by atoms with Crippen LogP contribution in [0.4, 0.5) is 0 Å². The van der Waals surface area contributed by atoms with Gasteiger partial charge in [0.2, 0.25) is 0 Å². The summed E-state index contributed by atoms with van der Waals surface area (Å²) in [5.41, 5.74) is 2.19. The molecule has 0 aliphatic rings. The number of carbonyl (C=O) groups excluding carboxylic acids is 1. The Labute approximate surface area is 112 Å². The van der Waals surface area contributed by atoms with Crippen molar-refractivity contribution in [1.82, 2.24) is 4.98 Å². The SMILES string of the molecule is CC(=O)[CH2][Ir].c1ccc(-c2ccccn2)cc1. The zero-order valence-corrected chi connectivity index (χ0v) is 12.0. The molecule has 1 heterocycles. The number of pyridine rings is 1. The molecule has 90 valence electrons. The first-order chi connectivity index (χ1) is 8.24. The van der Waals surface area contributed by atoms with E-state index in [1.165, 1.54) is 0 Å². The predicted molar refractivity (Wildman–Crippen MR) is 65.2 cm³/mol. The minimum Gasteiger partial charge on any atom is -0.256 e. The van der Waals surface area contributed by atoms with Crippen molar-refractivity contribution in [3.63, 3.8) is 0 Å². The maximum Gasteiger partial charge on any atom is 0.0701 e. The number of benzene rings is 1. The summed E-state index contributed by atoms with van der Waals surface area (Å²) in [6.45, 7) is 1.58. The first-order valence-corrected chi connectivity index (χ1v) is 6.92. The van der Waals surface area contributed by atoms with Gasteiger partial charge in [-0.2, -0.15) is 0 Å². The van der Waals surface area contributed by atoms with E-state index in [2.05, 4.69) is 17.1 Å². The van der Waals surface area contributed by atoms with Crippen LogP contribution in [-0.4, -0.2) is 10.8 Å². The van der Waals surface area contributed by atoms with Crippen LogP contribution in [0.15, 0.2) is 54.7 Å². The third-order valence-corrected chi connectivity index (χ3v) is 3.09. The molecule has 1 aromatic heterocycles. The van der Waals surface area contributed by atoms with Gasteiger partial charge in [-0.3, -0.25) is 4.98 Å². The number of hydrogen-bond donors (Lipinski definition) is 0. The molecule has 0 amide bonds. The van der Waals surface area contributed by atoms with Gasteiger partial charge in [-0.1, -0.05) is 36.4 Å². The van der Waals surface area contributed by atoms with E-state index >= 15 is 0 Å². The van der Waals surface area contributed by atoms with Crippen molar-refractivity contribution in [2.45, 2.75) is 11.9 Å². The van der Waals surface area contributed by atoms with Crippen molar-refractivity contribution in [2.24, 2.45) is 0 Å². The van der Waals surface area contributed by atoms with E-state index in [9.17, 15) is 4.79 Å². The van der Waals surface area contributed by atoms with Crippen LogP contribution in [0.2, 0.25) is 4.93 Å². The molecule has 2 rings (SSSR count). The molecule has 3 heteroatoms.